The van der Waals surface area contributed by atoms with Crippen molar-refractivity contribution in [1.29, 1.82) is 0 Å². The van der Waals surface area contributed by atoms with Crippen LogP contribution in [0.25, 0.3) is 0 Å². The maximum atomic E-state index is 4.46. The molecule has 1 unspecified atom stereocenters. The van der Waals surface area contributed by atoms with E-state index in [4.69, 9.17) is 0 Å². The lowest BCUT2D eigenvalue weighted by molar-refractivity contribution is 0.357. The Kier molecular flexibility index (Phi) is 4.84. The van der Waals surface area contributed by atoms with Gasteiger partial charge in [0.05, 0.1) is 15.9 Å². The summed E-state index contributed by atoms with van der Waals surface area (Å²) < 4.78 is 3.20. The minimum absolute atomic E-state index is 0.662. The van der Waals surface area contributed by atoms with E-state index in [0.29, 0.717) is 6.04 Å². The summed E-state index contributed by atoms with van der Waals surface area (Å²) in [6, 6.07) is 0.662. The molecule has 0 radical (unpaired) electrons. The predicted molar refractivity (Wildman–Crippen MR) is 78.8 cm³/mol. The molecule has 1 heterocycles. The molecule has 0 aromatic carbocycles. The van der Waals surface area contributed by atoms with Crippen molar-refractivity contribution in [2.45, 2.75) is 51.5 Å². The number of nitrogens with one attached hydrogen (secondary N) is 1. The lowest BCUT2D eigenvalue weighted by atomic mass is 9.93. The minimum Gasteiger partial charge on any atom is -0.317 e. The molecule has 0 saturated heterocycles. The number of nitrogens with zero attached hydrogens (tertiary/aromatic N) is 2. The van der Waals surface area contributed by atoms with Gasteiger partial charge in [0, 0.05) is 13.1 Å². The van der Waals surface area contributed by atoms with Crippen molar-refractivity contribution < 1.29 is 0 Å². The summed E-state index contributed by atoms with van der Waals surface area (Å²) in [4.78, 5) is 0. The van der Waals surface area contributed by atoms with E-state index in [1.165, 1.54) is 42.3 Å². The molecule has 1 N–H and O–H groups in total. The van der Waals surface area contributed by atoms with Gasteiger partial charge in [-0.05, 0) is 61.5 Å². The zero-order valence-electron chi connectivity index (χ0n) is 11.7. The minimum atomic E-state index is 0.662. The third-order valence-electron chi connectivity index (χ3n) is 4.29. The fourth-order valence-electron chi connectivity index (χ4n) is 3.22. The van der Waals surface area contributed by atoms with Crippen LogP contribution >= 0.6 is 15.9 Å². The van der Waals surface area contributed by atoms with E-state index in [9.17, 15) is 0 Å². The van der Waals surface area contributed by atoms with Crippen LogP contribution < -0.4 is 5.32 Å². The highest BCUT2D eigenvalue weighted by Gasteiger charge is 2.24. The second-order valence-electron chi connectivity index (χ2n) is 5.45. The maximum absolute atomic E-state index is 4.46. The normalized spacial score (nSPS) is 18.4. The Morgan fingerprint density at radius 2 is 2.11 bits per heavy atom. The molecule has 1 fully saturated rings. The first-order valence-electron chi connectivity index (χ1n) is 6.98. The summed E-state index contributed by atoms with van der Waals surface area (Å²) in [5, 5.41) is 7.98. The summed E-state index contributed by atoms with van der Waals surface area (Å²) in [5.74, 6) is 0.878. The van der Waals surface area contributed by atoms with Crippen LogP contribution in [0.1, 0.15) is 43.5 Å². The van der Waals surface area contributed by atoms with E-state index in [0.717, 1.165) is 18.0 Å². The molecule has 0 amide bonds. The van der Waals surface area contributed by atoms with Crippen molar-refractivity contribution in [3.05, 3.63) is 15.9 Å². The van der Waals surface area contributed by atoms with Gasteiger partial charge in [-0.1, -0.05) is 12.8 Å². The Hall–Kier alpha value is -0.350. The molecule has 0 spiro atoms. The Morgan fingerprint density at radius 3 is 2.61 bits per heavy atom. The molecule has 1 atom stereocenters. The van der Waals surface area contributed by atoms with Crippen molar-refractivity contribution in [3.63, 3.8) is 0 Å². The van der Waals surface area contributed by atoms with E-state index in [-0.39, 0.29) is 0 Å². The number of hydrogen-bond donors (Lipinski definition) is 1. The zero-order chi connectivity index (χ0) is 13.1. The largest absolute Gasteiger partial charge is 0.317 e. The smallest absolute Gasteiger partial charge is 0.0738 e. The highest BCUT2D eigenvalue weighted by Crippen LogP contribution is 2.30. The first kappa shape index (κ1) is 14.1. The van der Waals surface area contributed by atoms with Gasteiger partial charge in [-0.3, -0.25) is 4.68 Å². The molecule has 18 heavy (non-hydrogen) atoms. The fourth-order valence-corrected chi connectivity index (χ4v) is 3.75. The first-order chi connectivity index (χ1) is 8.63. The molecule has 1 aromatic rings. The van der Waals surface area contributed by atoms with E-state index < -0.39 is 0 Å². The molecule has 1 aliphatic carbocycles. The van der Waals surface area contributed by atoms with E-state index in [1.54, 1.807) is 0 Å². The van der Waals surface area contributed by atoms with Gasteiger partial charge in [-0.2, -0.15) is 5.10 Å². The van der Waals surface area contributed by atoms with E-state index >= 15 is 0 Å². The second kappa shape index (κ2) is 6.20. The highest BCUT2D eigenvalue weighted by molar-refractivity contribution is 9.10. The van der Waals surface area contributed by atoms with E-state index in [2.05, 4.69) is 40.3 Å². The molecule has 0 bridgehead atoms. The van der Waals surface area contributed by atoms with Crippen molar-refractivity contribution >= 4 is 15.9 Å². The Labute approximate surface area is 118 Å². The maximum Gasteiger partial charge on any atom is 0.0738 e. The number of halogens is 1. The molecule has 3 nitrogen and oxygen atoms in total. The van der Waals surface area contributed by atoms with Crippen LogP contribution in [-0.2, 0) is 13.5 Å². The third kappa shape index (κ3) is 2.97. The van der Waals surface area contributed by atoms with Gasteiger partial charge in [0.25, 0.3) is 0 Å². The molecule has 1 saturated carbocycles. The van der Waals surface area contributed by atoms with Gasteiger partial charge in [0.2, 0.25) is 0 Å². The number of aromatic nitrogens is 2. The summed E-state index contributed by atoms with van der Waals surface area (Å²) in [7, 11) is 4.14. The van der Waals surface area contributed by atoms with Crippen molar-refractivity contribution in [3.8, 4) is 0 Å². The Balaban J connectivity index is 1.96. The molecule has 102 valence electrons. The van der Waals surface area contributed by atoms with Crippen LogP contribution in [0.5, 0.6) is 0 Å². The third-order valence-corrected chi connectivity index (χ3v) is 5.32. The van der Waals surface area contributed by atoms with Crippen LogP contribution in [0.3, 0.4) is 0 Å². The van der Waals surface area contributed by atoms with Gasteiger partial charge in [-0.15, -0.1) is 0 Å². The van der Waals surface area contributed by atoms with Crippen molar-refractivity contribution in [2.75, 3.05) is 7.05 Å². The molecule has 1 aromatic heterocycles. The summed E-state index contributed by atoms with van der Waals surface area (Å²) in [6.07, 6.45) is 7.93. The van der Waals surface area contributed by atoms with Gasteiger partial charge in [0.15, 0.2) is 0 Å². The summed E-state index contributed by atoms with van der Waals surface area (Å²) in [6.45, 7) is 2.06. The number of rotatable bonds is 5. The molecule has 4 heteroatoms. The summed E-state index contributed by atoms with van der Waals surface area (Å²) in [5.41, 5.74) is 2.42. The first-order valence-corrected chi connectivity index (χ1v) is 7.78. The SMILES string of the molecule is CNC(CCc1c(Br)c(C)nn1C)C1CCCC1. The van der Waals surface area contributed by atoms with E-state index in [1.807, 2.05) is 11.7 Å². The fraction of sp³-hybridized carbons (Fsp3) is 0.786. The predicted octanol–water partition coefficient (Wildman–Crippen LogP) is 3.20. The molecule has 0 aliphatic heterocycles. The Morgan fingerprint density at radius 1 is 1.44 bits per heavy atom. The monoisotopic (exact) mass is 313 g/mol. The lowest BCUT2D eigenvalue weighted by Crippen LogP contribution is -2.32. The van der Waals surface area contributed by atoms with Gasteiger partial charge < -0.3 is 5.32 Å². The topological polar surface area (TPSA) is 29.9 Å². The standard InChI is InChI=1S/C14H24BrN3/c1-10-14(15)13(18(3)17-10)9-8-12(16-2)11-6-4-5-7-11/h11-12,16H,4-9H2,1-3H3. The Bertz CT molecular complexity index is 394. The van der Waals surface area contributed by atoms with Crippen LogP contribution in [0.2, 0.25) is 0 Å². The van der Waals surface area contributed by atoms with Crippen LogP contribution in [-0.4, -0.2) is 22.9 Å². The zero-order valence-corrected chi connectivity index (χ0v) is 13.3. The molecular formula is C14H24BrN3. The molecule has 1 aliphatic rings. The van der Waals surface area contributed by atoms with Crippen LogP contribution in [0.15, 0.2) is 4.47 Å². The van der Waals surface area contributed by atoms with Crippen LogP contribution in [0.4, 0.5) is 0 Å². The lowest BCUT2D eigenvalue weighted by Gasteiger charge is -2.22. The van der Waals surface area contributed by atoms with Crippen molar-refractivity contribution in [1.82, 2.24) is 15.1 Å². The summed E-state index contributed by atoms with van der Waals surface area (Å²) >= 11 is 3.65. The average molecular weight is 314 g/mol. The van der Waals surface area contributed by atoms with Gasteiger partial charge in [-0.25, -0.2) is 0 Å². The average Bonchev–Trinajstić information content (AvgIpc) is 2.94. The number of aryl methyl sites for hydroxylation is 2. The second-order valence-corrected chi connectivity index (χ2v) is 6.24. The van der Waals surface area contributed by atoms with Crippen LogP contribution in [0, 0.1) is 12.8 Å². The number of hydrogen-bond acceptors (Lipinski definition) is 2. The molecule has 2 rings (SSSR count). The highest BCUT2D eigenvalue weighted by atomic mass is 79.9. The molecular weight excluding hydrogens is 290 g/mol. The van der Waals surface area contributed by atoms with Gasteiger partial charge >= 0.3 is 0 Å². The van der Waals surface area contributed by atoms with Crippen molar-refractivity contribution in [2.24, 2.45) is 13.0 Å². The van der Waals surface area contributed by atoms with Gasteiger partial charge in [0.1, 0.15) is 0 Å². The quantitative estimate of drug-likeness (QED) is 0.904.